The maximum atomic E-state index is 6.60. The normalized spacial score (nSPS) is 18.8. The number of likely N-dealkylation sites (N-methyl/N-ethyl adjacent to an activating group) is 1. The topological polar surface area (TPSA) is 81.2 Å². The van der Waals surface area contributed by atoms with Crippen molar-refractivity contribution in [3.8, 4) is 17.2 Å². The second kappa shape index (κ2) is 11.5. The van der Waals surface area contributed by atoms with E-state index >= 15 is 0 Å². The molecule has 1 aromatic heterocycles. The molecule has 0 aliphatic carbocycles. The van der Waals surface area contributed by atoms with E-state index in [4.69, 9.17) is 30.5 Å². The fourth-order valence-corrected chi connectivity index (χ4v) is 5.40. The van der Waals surface area contributed by atoms with E-state index < -0.39 is 0 Å². The second-order valence-electron chi connectivity index (χ2n) is 10.1. The van der Waals surface area contributed by atoms with Crippen LogP contribution in [0.25, 0.3) is 10.9 Å². The molecule has 38 heavy (non-hydrogen) atoms. The molecule has 3 aliphatic heterocycles. The minimum atomic E-state index is 0.0495. The lowest BCUT2D eigenvalue weighted by Crippen LogP contribution is -2.45. The monoisotopic (exact) mass is 539 g/mol. The highest BCUT2D eigenvalue weighted by Gasteiger charge is 2.23. The first-order chi connectivity index (χ1) is 18.6. The van der Waals surface area contributed by atoms with Gasteiger partial charge in [-0.25, -0.2) is 9.97 Å². The highest BCUT2D eigenvalue weighted by atomic mass is 35.5. The number of hydrogen-bond donors (Lipinski definition) is 1. The predicted octanol–water partition coefficient (Wildman–Crippen LogP) is 4.15. The van der Waals surface area contributed by atoms with Crippen molar-refractivity contribution < 1.29 is 18.9 Å². The van der Waals surface area contributed by atoms with Gasteiger partial charge in [0.15, 0.2) is 0 Å². The Balaban J connectivity index is 1.29. The Hall–Kier alpha value is -2.85. The van der Waals surface area contributed by atoms with Crippen molar-refractivity contribution in [1.29, 1.82) is 0 Å². The first kappa shape index (κ1) is 25.4. The van der Waals surface area contributed by atoms with Crippen LogP contribution in [0.3, 0.4) is 0 Å². The molecule has 1 N–H and O–H groups in total. The molecule has 2 saturated heterocycles. The number of halogens is 1. The number of nitrogens with one attached hydrogen (secondary N) is 1. The maximum absolute atomic E-state index is 6.60. The molecule has 10 heteroatoms. The number of nitrogens with zero attached hydrogens (tertiary/aromatic N) is 4. The first-order valence-corrected chi connectivity index (χ1v) is 13.8. The van der Waals surface area contributed by atoms with E-state index in [1.807, 2.05) is 24.3 Å². The SMILES string of the molecule is CN1CCN(CCOc2cc(OC3CCOCC3)c3c(Nc4c(Cl)ccc5c4OCC5)ncnc3c2)CC1. The molecule has 3 aliphatic rings. The lowest BCUT2D eigenvalue weighted by atomic mass is 10.1. The molecular weight excluding hydrogens is 506 g/mol. The van der Waals surface area contributed by atoms with E-state index in [0.717, 1.165) is 80.0 Å². The summed E-state index contributed by atoms with van der Waals surface area (Å²) in [6.07, 6.45) is 4.12. The Morgan fingerprint density at radius 3 is 2.76 bits per heavy atom. The average molecular weight is 540 g/mol. The second-order valence-corrected chi connectivity index (χ2v) is 10.5. The summed E-state index contributed by atoms with van der Waals surface area (Å²) < 4.78 is 24.2. The van der Waals surface area contributed by atoms with E-state index in [1.54, 1.807) is 6.33 Å². The van der Waals surface area contributed by atoms with Gasteiger partial charge in [0.1, 0.15) is 47.8 Å². The van der Waals surface area contributed by atoms with Gasteiger partial charge in [-0.2, -0.15) is 0 Å². The summed E-state index contributed by atoms with van der Waals surface area (Å²) in [5.74, 6) is 2.82. The van der Waals surface area contributed by atoms with Gasteiger partial charge in [-0.3, -0.25) is 4.90 Å². The van der Waals surface area contributed by atoms with Gasteiger partial charge in [0, 0.05) is 64.1 Å². The number of fused-ring (bicyclic) bond motifs is 2. The van der Waals surface area contributed by atoms with Crippen LogP contribution in [-0.4, -0.2) is 92.1 Å². The van der Waals surface area contributed by atoms with Crippen molar-refractivity contribution in [1.82, 2.24) is 19.8 Å². The fourth-order valence-electron chi connectivity index (χ4n) is 5.20. The van der Waals surface area contributed by atoms with E-state index in [1.165, 1.54) is 0 Å². The van der Waals surface area contributed by atoms with Gasteiger partial charge in [0.25, 0.3) is 0 Å². The summed E-state index contributed by atoms with van der Waals surface area (Å²) in [4.78, 5) is 14.0. The molecule has 0 atom stereocenters. The smallest absolute Gasteiger partial charge is 0.147 e. The molecule has 0 bridgehead atoms. The zero-order chi connectivity index (χ0) is 25.9. The molecule has 2 aromatic carbocycles. The maximum Gasteiger partial charge on any atom is 0.147 e. The molecule has 2 fully saturated rings. The van der Waals surface area contributed by atoms with E-state index in [2.05, 4.69) is 32.1 Å². The van der Waals surface area contributed by atoms with Crippen molar-refractivity contribution in [3.05, 3.63) is 41.2 Å². The average Bonchev–Trinajstić information content (AvgIpc) is 3.41. The third kappa shape index (κ3) is 5.61. The predicted molar refractivity (Wildman–Crippen MR) is 147 cm³/mol. The van der Waals surface area contributed by atoms with Crippen molar-refractivity contribution in [3.63, 3.8) is 0 Å². The first-order valence-electron chi connectivity index (χ1n) is 13.4. The zero-order valence-electron chi connectivity index (χ0n) is 21.7. The minimum Gasteiger partial charge on any atom is -0.492 e. The van der Waals surface area contributed by atoms with Crippen molar-refractivity contribution in [2.45, 2.75) is 25.4 Å². The fraction of sp³-hybridized carbons (Fsp3) is 0.500. The lowest BCUT2D eigenvalue weighted by Gasteiger charge is -2.32. The lowest BCUT2D eigenvalue weighted by molar-refractivity contribution is 0.0261. The van der Waals surface area contributed by atoms with Crippen LogP contribution in [0, 0.1) is 0 Å². The zero-order valence-corrected chi connectivity index (χ0v) is 22.5. The number of anilines is 2. The van der Waals surface area contributed by atoms with Crippen LogP contribution in [-0.2, 0) is 11.2 Å². The summed E-state index contributed by atoms with van der Waals surface area (Å²) in [5.41, 5.74) is 2.59. The Bertz CT molecular complexity index is 1280. The van der Waals surface area contributed by atoms with E-state index in [0.29, 0.717) is 48.7 Å². The number of hydrogen-bond acceptors (Lipinski definition) is 9. The van der Waals surface area contributed by atoms with Gasteiger partial charge in [0.2, 0.25) is 0 Å². The standard InChI is InChI=1S/C28H34ClN5O4/c1-33-7-9-34(10-8-33)11-15-36-21-16-23-25(24(17-21)38-20-5-12-35-13-6-20)28(31-18-30-23)32-26-22(29)3-2-19-4-14-37-27(19)26/h2-3,16-18,20H,4-15H2,1H3,(H,30,31,32). The van der Waals surface area contributed by atoms with Gasteiger partial charge in [-0.15, -0.1) is 0 Å². The Morgan fingerprint density at radius 2 is 1.92 bits per heavy atom. The molecule has 0 spiro atoms. The molecule has 9 nitrogen and oxygen atoms in total. The summed E-state index contributed by atoms with van der Waals surface area (Å²) in [6.45, 7) is 7.81. The molecule has 0 radical (unpaired) electrons. The molecule has 0 saturated carbocycles. The number of benzene rings is 2. The van der Waals surface area contributed by atoms with E-state index in [9.17, 15) is 0 Å². The van der Waals surface area contributed by atoms with Gasteiger partial charge in [-0.1, -0.05) is 17.7 Å². The van der Waals surface area contributed by atoms with Crippen LogP contribution in [0.2, 0.25) is 5.02 Å². The van der Waals surface area contributed by atoms with Crippen molar-refractivity contribution in [2.75, 3.05) is 71.5 Å². The highest BCUT2D eigenvalue weighted by molar-refractivity contribution is 6.33. The van der Waals surface area contributed by atoms with Crippen LogP contribution in [0.1, 0.15) is 18.4 Å². The summed E-state index contributed by atoms with van der Waals surface area (Å²) >= 11 is 6.60. The van der Waals surface area contributed by atoms with Crippen LogP contribution >= 0.6 is 11.6 Å². The number of rotatable bonds is 8. The van der Waals surface area contributed by atoms with Crippen molar-refractivity contribution >= 4 is 34.0 Å². The Kier molecular flexibility index (Phi) is 7.69. The minimum absolute atomic E-state index is 0.0495. The summed E-state index contributed by atoms with van der Waals surface area (Å²) in [6, 6.07) is 7.83. The number of aromatic nitrogens is 2. The molecule has 3 aromatic rings. The largest absolute Gasteiger partial charge is 0.492 e. The Morgan fingerprint density at radius 1 is 1.08 bits per heavy atom. The number of ether oxygens (including phenoxy) is 4. The molecule has 202 valence electrons. The van der Waals surface area contributed by atoms with Gasteiger partial charge in [-0.05, 0) is 18.7 Å². The third-order valence-electron chi connectivity index (χ3n) is 7.46. The quantitative estimate of drug-likeness (QED) is 0.454. The molecule has 6 rings (SSSR count). The summed E-state index contributed by atoms with van der Waals surface area (Å²) in [5, 5.41) is 4.80. The van der Waals surface area contributed by atoms with Crippen LogP contribution in [0.4, 0.5) is 11.5 Å². The Labute approximate surface area is 228 Å². The number of piperazine rings is 1. The van der Waals surface area contributed by atoms with Gasteiger partial charge >= 0.3 is 0 Å². The molecular formula is C28H34ClN5O4. The third-order valence-corrected chi connectivity index (χ3v) is 7.77. The van der Waals surface area contributed by atoms with E-state index in [-0.39, 0.29) is 6.10 Å². The molecule has 0 amide bonds. The van der Waals surface area contributed by atoms with Crippen molar-refractivity contribution in [2.24, 2.45) is 0 Å². The highest BCUT2D eigenvalue weighted by Crippen LogP contribution is 2.43. The molecule has 0 unspecified atom stereocenters. The van der Waals surface area contributed by atoms with Crippen LogP contribution in [0.15, 0.2) is 30.6 Å². The van der Waals surface area contributed by atoms with Gasteiger partial charge < -0.3 is 29.2 Å². The summed E-state index contributed by atoms with van der Waals surface area (Å²) in [7, 11) is 2.17. The van der Waals surface area contributed by atoms with Gasteiger partial charge in [0.05, 0.1) is 35.7 Å². The molecule has 4 heterocycles. The van der Waals surface area contributed by atoms with Crippen LogP contribution in [0.5, 0.6) is 17.2 Å². The van der Waals surface area contributed by atoms with Crippen LogP contribution < -0.4 is 19.5 Å².